The van der Waals surface area contributed by atoms with E-state index in [4.69, 9.17) is 9.47 Å². The number of alkyl halides is 3. The van der Waals surface area contributed by atoms with Crippen molar-refractivity contribution in [1.29, 1.82) is 0 Å². The molecule has 6 nitrogen and oxygen atoms in total. The van der Waals surface area contributed by atoms with Crippen molar-refractivity contribution in [2.45, 2.75) is 59.4 Å². The van der Waals surface area contributed by atoms with Crippen LogP contribution in [0.2, 0.25) is 0 Å². The number of phenols is 2. The van der Waals surface area contributed by atoms with Gasteiger partial charge in [-0.05, 0) is 149 Å². The molecule has 8 aromatic carbocycles. The molecule has 342 valence electrons. The topological polar surface area (TPSA) is 68.8 Å². The number of hydrogen-bond donors (Lipinski definition) is 2. The molecule has 68 heavy (non-hydrogen) atoms. The number of phenolic OH excluding ortho intramolecular Hbond substituents is 2. The maximum absolute atomic E-state index is 15.2. The first-order valence-corrected chi connectivity index (χ1v) is 22.3. The van der Waals surface area contributed by atoms with Crippen molar-refractivity contribution in [2.75, 3.05) is 0 Å². The predicted octanol–water partition coefficient (Wildman–Crippen LogP) is 15.5. The van der Waals surface area contributed by atoms with Gasteiger partial charge in [0.05, 0.1) is 51.2 Å². The van der Waals surface area contributed by atoms with E-state index >= 15 is 8.78 Å². The Balaban J connectivity index is 0.963. The molecule has 0 fully saturated rings. The molecule has 0 saturated heterocycles. The highest BCUT2D eigenvalue weighted by Gasteiger charge is 2.32. The molecule has 2 aromatic heterocycles. The van der Waals surface area contributed by atoms with Crippen molar-refractivity contribution < 1.29 is 41.6 Å². The summed E-state index contributed by atoms with van der Waals surface area (Å²) in [7, 11) is 0. The molecule has 2 heterocycles. The first-order chi connectivity index (χ1) is 32.5. The van der Waals surface area contributed by atoms with Crippen LogP contribution in [-0.2, 0) is 6.18 Å². The average molecular weight is 917 g/mol. The zero-order valence-corrected chi connectivity index (χ0v) is 37.7. The van der Waals surface area contributed by atoms with Crippen molar-refractivity contribution >= 4 is 43.6 Å². The molecule has 10 rings (SSSR count). The lowest BCUT2D eigenvalue weighted by Crippen LogP contribution is -2.23. The van der Waals surface area contributed by atoms with Crippen LogP contribution in [-0.4, -0.2) is 31.6 Å². The third-order valence-corrected chi connectivity index (χ3v) is 12.6. The first kappa shape index (κ1) is 44.1. The second-order valence-corrected chi connectivity index (χ2v) is 17.7. The van der Waals surface area contributed by atoms with E-state index in [0.29, 0.717) is 62.0 Å². The summed E-state index contributed by atoms with van der Waals surface area (Å²) >= 11 is 0. The van der Waals surface area contributed by atoms with E-state index in [2.05, 4.69) is 0 Å². The van der Waals surface area contributed by atoms with Crippen LogP contribution in [0, 0.1) is 32.4 Å². The van der Waals surface area contributed by atoms with Crippen LogP contribution in [0.15, 0.2) is 146 Å². The highest BCUT2D eigenvalue weighted by atomic mass is 19.4. The summed E-state index contributed by atoms with van der Waals surface area (Å²) in [4.78, 5) is 0. The van der Waals surface area contributed by atoms with Crippen LogP contribution < -0.4 is 9.47 Å². The fourth-order valence-electron chi connectivity index (χ4n) is 9.65. The second-order valence-electron chi connectivity index (χ2n) is 17.7. The van der Waals surface area contributed by atoms with Crippen molar-refractivity contribution in [3.8, 4) is 56.6 Å². The number of benzene rings is 8. The zero-order chi connectivity index (χ0) is 47.8. The van der Waals surface area contributed by atoms with Crippen LogP contribution in [0.1, 0.15) is 42.5 Å². The number of nitrogens with zero attached hydrogens (tertiary/aromatic N) is 2. The van der Waals surface area contributed by atoms with Crippen molar-refractivity contribution in [3.05, 3.63) is 179 Å². The summed E-state index contributed by atoms with van der Waals surface area (Å²) in [6.45, 7) is 9.28. The van der Waals surface area contributed by atoms with Crippen LogP contribution >= 0.6 is 0 Å². The number of rotatable bonds is 10. The average Bonchev–Trinajstić information content (AvgIpc) is 3.80. The van der Waals surface area contributed by atoms with Gasteiger partial charge in [0.25, 0.3) is 0 Å². The van der Waals surface area contributed by atoms with Crippen LogP contribution in [0.4, 0.5) is 22.0 Å². The molecule has 0 bridgehead atoms. The van der Waals surface area contributed by atoms with E-state index < -0.39 is 35.6 Å². The molecule has 0 aliphatic rings. The minimum Gasteiger partial charge on any atom is -0.505 e. The number of aryl methyl sites for hydroxylation is 3. The summed E-state index contributed by atoms with van der Waals surface area (Å²) in [5.41, 5.74) is 6.56. The molecule has 11 heteroatoms. The van der Waals surface area contributed by atoms with Crippen molar-refractivity contribution in [1.82, 2.24) is 9.13 Å². The summed E-state index contributed by atoms with van der Waals surface area (Å²) < 4.78 is 89.0. The first-order valence-electron chi connectivity index (χ1n) is 22.3. The Morgan fingerprint density at radius 1 is 0.471 bits per heavy atom. The van der Waals surface area contributed by atoms with Gasteiger partial charge in [-0.1, -0.05) is 48.0 Å². The zero-order valence-electron chi connectivity index (χ0n) is 37.7. The smallest absolute Gasteiger partial charge is 0.416 e. The van der Waals surface area contributed by atoms with Gasteiger partial charge in [0.1, 0.15) is 34.6 Å². The Bertz CT molecular complexity index is 3570. The molecule has 0 amide bonds. The summed E-state index contributed by atoms with van der Waals surface area (Å²) in [6, 6.07) is 40.4. The molecular weight excluding hydrogens is 872 g/mol. The van der Waals surface area contributed by atoms with Gasteiger partial charge in [0.15, 0.2) is 0 Å². The van der Waals surface area contributed by atoms with Gasteiger partial charge in [-0.2, -0.15) is 13.2 Å². The van der Waals surface area contributed by atoms with Crippen LogP contribution in [0.25, 0.3) is 77.2 Å². The number of halogens is 5. The van der Waals surface area contributed by atoms with Crippen molar-refractivity contribution in [2.24, 2.45) is 0 Å². The maximum atomic E-state index is 15.2. The molecule has 0 aliphatic heterocycles. The molecule has 2 atom stereocenters. The SMILES string of the molecule is Cc1cc(-c2cc(F)ccc2O[C@H](C)C[C@@H](C)Oc2ccc(F)cc2-c2cc(C)cc(-n3c4ccc(C)cc4c4cc(C(F)(F)F)ccc43)c2O)c(O)c(-n2c3ccccc3c3ccccc32)c1. The number of aromatic nitrogens is 2. The number of aromatic hydroxyl groups is 2. The lowest BCUT2D eigenvalue weighted by Gasteiger charge is -2.24. The monoisotopic (exact) mass is 916 g/mol. The number of para-hydroxylation sites is 2. The Hall–Kier alpha value is -7.79. The Labute approximate surface area is 388 Å². The molecule has 10 aromatic rings. The minimum atomic E-state index is -4.56. The second kappa shape index (κ2) is 16.8. The van der Waals surface area contributed by atoms with E-state index in [1.54, 1.807) is 28.8 Å². The fourth-order valence-corrected chi connectivity index (χ4v) is 9.65. The van der Waals surface area contributed by atoms with Gasteiger partial charge in [0.2, 0.25) is 0 Å². The molecule has 0 radical (unpaired) electrons. The molecule has 0 unspecified atom stereocenters. The van der Waals surface area contributed by atoms with Gasteiger partial charge >= 0.3 is 6.18 Å². The van der Waals surface area contributed by atoms with Gasteiger partial charge in [-0.15, -0.1) is 0 Å². The normalized spacial score (nSPS) is 12.9. The number of fused-ring (bicyclic) bond motifs is 6. The van der Waals surface area contributed by atoms with E-state index in [0.717, 1.165) is 45.1 Å². The van der Waals surface area contributed by atoms with Gasteiger partial charge in [-0.25, -0.2) is 8.78 Å². The lowest BCUT2D eigenvalue weighted by atomic mass is 9.99. The molecule has 2 N–H and O–H groups in total. The predicted molar refractivity (Wildman–Crippen MR) is 260 cm³/mol. The van der Waals surface area contributed by atoms with E-state index in [-0.39, 0.29) is 28.4 Å². The largest absolute Gasteiger partial charge is 0.505 e. The molecule has 0 spiro atoms. The van der Waals surface area contributed by atoms with Gasteiger partial charge < -0.3 is 28.8 Å². The summed E-state index contributed by atoms with van der Waals surface area (Å²) in [6.07, 6.45) is -5.30. The Morgan fingerprint density at radius 2 is 0.912 bits per heavy atom. The maximum Gasteiger partial charge on any atom is 0.416 e. The third-order valence-electron chi connectivity index (χ3n) is 12.6. The summed E-state index contributed by atoms with van der Waals surface area (Å²) in [5, 5.41) is 27.3. The Morgan fingerprint density at radius 3 is 1.40 bits per heavy atom. The van der Waals surface area contributed by atoms with E-state index in [9.17, 15) is 23.4 Å². The summed E-state index contributed by atoms with van der Waals surface area (Å²) in [5.74, 6) is -0.733. The lowest BCUT2D eigenvalue weighted by molar-refractivity contribution is -0.137. The number of ether oxygens (including phenoxy) is 2. The molecule has 0 saturated carbocycles. The molecule has 0 aliphatic carbocycles. The van der Waals surface area contributed by atoms with E-state index in [1.807, 2.05) is 112 Å². The standard InChI is InChI=1S/C57H45F5N2O4/c1-31-14-18-49-41(22-31)42-28-36(57(60,61)62)15-19-50(42)64(49)52-26-33(3)24-46(56(52)66)44-30-38(59)17-21-54(44)68-35(5)27-34(4)67-53-20-16-37(58)29-43(53)45-23-32(2)25-51(55(45)65)63-47-12-8-6-10-39(47)40-11-7-9-13-48(40)63/h6-26,28-30,34-35,65-66H,27H2,1-5H3/t34-,35-/m1/s1. The quantitative estimate of drug-likeness (QED) is 0.134. The minimum absolute atomic E-state index is 0.0443. The van der Waals surface area contributed by atoms with E-state index in [1.165, 1.54) is 36.4 Å². The number of hydrogen-bond acceptors (Lipinski definition) is 4. The van der Waals surface area contributed by atoms with Crippen LogP contribution in [0.5, 0.6) is 23.0 Å². The highest BCUT2D eigenvalue weighted by molar-refractivity contribution is 6.11. The van der Waals surface area contributed by atoms with Crippen LogP contribution in [0.3, 0.4) is 0 Å². The Kier molecular flexibility index (Phi) is 10.9. The fraction of sp³-hybridized carbons (Fsp3) is 0.158. The molecular formula is C57H45F5N2O4. The van der Waals surface area contributed by atoms with Gasteiger partial charge in [0, 0.05) is 50.2 Å². The highest BCUT2D eigenvalue weighted by Crippen LogP contribution is 2.46. The van der Waals surface area contributed by atoms with Gasteiger partial charge in [-0.3, -0.25) is 0 Å². The third kappa shape index (κ3) is 7.81. The van der Waals surface area contributed by atoms with Crippen molar-refractivity contribution in [3.63, 3.8) is 0 Å².